The van der Waals surface area contributed by atoms with Crippen molar-refractivity contribution in [2.24, 2.45) is 0 Å². The molecular weight excluding hydrogens is 356 g/mol. The van der Waals surface area contributed by atoms with Gasteiger partial charge in [0.15, 0.2) is 0 Å². The van der Waals surface area contributed by atoms with Gasteiger partial charge in [-0.15, -0.1) is 0 Å². The predicted octanol–water partition coefficient (Wildman–Crippen LogP) is 3.87. The van der Waals surface area contributed by atoms with Crippen LogP contribution in [0.3, 0.4) is 0 Å². The Kier molecular flexibility index (Phi) is 3.74. The molecule has 5 nitrogen and oxygen atoms in total. The first-order chi connectivity index (χ1) is 11.0. The van der Waals surface area contributed by atoms with Crippen molar-refractivity contribution in [3.8, 4) is 17.5 Å². The fourth-order valence-corrected chi connectivity index (χ4v) is 3.45. The molecule has 0 spiro atoms. The lowest BCUT2D eigenvalue weighted by Gasteiger charge is -2.17. The number of fused-ring (bicyclic) bond motifs is 1. The molecule has 0 radical (unpaired) electrons. The van der Waals surface area contributed by atoms with Crippen LogP contribution in [0, 0.1) is 25.2 Å². The summed E-state index contributed by atoms with van der Waals surface area (Å²) in [6.07, 6.45) is 3.36. The van der Waals surface area contributed by atoms with Gasteiger partial charge in [0.2, 0.25) is 0 Å². The Hall–Kier alpha value is -2.52. The van der Waals surface area contributed by atoms with E-state index in [1.165, 1.54) is 0 Å². The molecule has 0 aliphatic rings. The Bertz CT molecular complexity index is 969. The van der Waals surface area contributed by atoms with E-state index in [1.807, 2.05) is 30.5 Å². The highest BCUT2D eigenvalue weighted by Gasteiger charge is 2.21. The second kappa shape index (κ2) is 5.60. The van der Waals surface area contributed by atoms with Crippen LogP contribution in [-0.4, -0.2) is 16.7 Å². The van der Waals surface area contributed by atoms with Crippen LogP contribution in [0.1, 0.15) is 16.7 Å². The average Bonchev–Trinajstić information content (AvgIpc) is 2.81. The number of nitrogen functional groups attached to an aromatic ring is 1. The lowest BCUT2D eigenvalue weighted by molar-refractivity contribution is 0.411. The molecule has 2 N–H and O–H groups in total. The maximum atomic E-state index is 9.50. The van der Waals surface area contributed by atoms with Crippen LogP contribution in [0.15, 0.2) is 29.0 Å². The summed E-state index contributed by atoms with van der Waals surface area (Å²) in [5.41, 5.74) is 10.5. The number of nitrogens with zero attached hydrogens (tertiary/aromatic N) is 3. The minimum atomic E-state index is 0.399. The smallest absolute Gasteiger partial charge is 0.127 e. The van der Waals surface area contributed by atoms with Crippen LogP contribution in [0.5, 0.6) is 5.75 Å². The first-order valence-electron chi connectivity index (χ1n) is 6.99. The Balaban J connectivity index is 2.53. The van der Waals surface area contributed by atoms with Gasteiger partial charge in [0, 0.05) is 23.3 Å². The maximum absolute atomic E-state index is 9.50. The summed E-state index contributed by atoms with van der Waals surface area (Å²) < 4.78 is 8.11. The highest BCUT2D eigenvalue weighted by molar-refractivity contribution is 9.10. The van der Waals surface area contributed by atoms with E-state index in [0.29, 0.717) is 11.4 Å². The van der Waals surface area contributed by atoms with Crippen molar-refractivity contribution in [1.29, 1.82) is 5.26 Å². The zero-order valence-electron chi connectivity index (χ0n) is 13.0. The summed E-state index contributed by atoms with van der Waals surface area (Å²) in [5, 5.41) is 10.2. The molecule has 6 heteroatoms. The molecule has 0 atom stereocenters. The molecule has 3 aromatic rings. The molecule has 23 heavy (non-hydrogen) atoms. The van der Waals surface area contributed by atoms with Crippen molar-refractivity contribution in [2.75, 3.05) is 12.8 Å². The molecule has 0 aliphatic heterocycles. The zero-order valence-corrected chi connectivity index (χ0v) is 14.6. The minimum absolute atomic E-state index is 0.399. The Morgan fingerprint density at radius 3 is 2.70 bits per heavy atom. The monoisotopic (exact) mass is 370 g/mol. The number of anilines is 1. The standard InChI is InChI=1S/C17H15BrN4O/c1-9-4-5-14(23-3)10(2)15(9)22-16-12(7-21-8-13(16)18)11(6-19)17(22)20/h4-5,7-8H,20H2,1-3H3. The summed E-state index contributed by atoms with van der Waals surface area (Å²) >= 11 is 3.53. The van der Waals surface area contributed by atoms with Crippen molar-refractivity contribution >= 4 is 32.7 Å². The van der Waals surface area contributed by atoms with E-state index in [1.54, 1.807) is 19.5 Å². The third kappa shape index (κ3) is 2.16. The van der Waals surface area contributed by atoms with E-state index in [4.69, 9.17) is 10.5 Å². The van der Waals surface area contributed by atoms with Gasteiger partial charge in [-0.05, 0) is 41.4 Å². The molecule has 2 aromatic heterocycles. The highest BCUT2D eigenvalue weighted by Crippen LogP contribution is 2.38. The van der Waals surface area contributed by atoms with Gasteiger partial charge in [-0.25, -0.2) is 0 Å². The van der Waals surface area contributed by atoms with Crippen molar-refractivity contribution in [3.63, 3.8) is 0 Å². The van der Waals surface area contributed by atoms with Crippen LogP contribution in [0.2, 0.25) is 0 Å². The molecular formula is C17H15BrN4O. The number of methoxy groups -OCH3 is 1. The van der Waals surface area contributed by atoms with E-state index in [2.05, 4.69) is 27.0 Å². The lowest BCUT2D eigenvalue weighted by atomic mass is 10.1. The van der Waals surface area contributed by atoms with E-state index in [0.717, 1.165) is 37.9 Å². The molecule has 0 saturated heterocycles. The number of pyridine rings is 1. The Labute approximate surface area is 142 Å². The van der Waals surface area contributed by atoms with E-state index >= 15 is 0 Å². The van der Waals surface area contributed by atoms with Gasteiger partial charge in [-0.1, -0.05) is 6.07 Å². The van der Waals surface area contributed by atoms with Crippen molar-refractivity contribution in [2.45, 2.75) is 13.8 Å². The molecule has 3 rings (SSSR count). The average molecular weight is 371 g/mol. The largest absolute Gasteiger partial charge is 0.496 e. The summed E-state index contributed by atoms with van der Waals surface area (Å²) in [7, 11) is 1.64. The second-order valence-corrected chi connectivity index (χ2v) is 6.14. The first-order valence-corrected chi connectivity index (χ1v) is 7.78. The van der Waals surface area contributed by atoms with Gasteiger partial charge >= 0.3 is 0 Å². The number of ether oxygens (including phenoxy) is 1. The van der Waals surface area contributed by atoms with Gasteiger partial charge in [-0.2, -0.15) is 5.26 Å². The number of hydrogen-bond donors (Lipinski definition) is 1. The minimum Gasteiger partial charge on any atom is -0.496 e. The van der Waals surface area contributed by atoms with Crippen molar-refractivity contribution in [3.05, 3.63) is 45.7 Å². The van der Waals surface area contributed by atoms with Crippen LogP contribution < -0.4 is 10.5 Å². The van der Waals surface area contributed by atoms with E-state index in [9.17, 15) is 5.26 Å². The number of nitrogens with two attached hydrogens (primary N) is 1. The molecule has 0 bridgehead atoms. The summed E-state index contributed by atoms with van der Waals surface area (Å²) in [6.45, 7) is 3.99. The van der Waals surface area contributed by atoms with Gasteiger partial charge in [0.25, 0.3) is 0 Å². The van der Waals surface area contributed by atoms with E-state index < -0.39 is 0 Å². The summed E-state index contributed by atoms with van der Waals surface area (Å²) in [6, 6.07) is 6.09. The van der Waals surface area contributed by atoms with E-state index in [-0.39, 0.29) is 0 Å². The highest BCUT2D eigenvalue weighted by atomic mass is 79.9. The topological polar surface area (TPSA) is 76.9 Å². The van der Waals surface area contributed by atoms with Crippen molar-refractivity contribution in [1.82, 2.24) is 9.55 Å². The second-order valence-electron chi connectivity index (χ2n) is 5.28. The fourth-order valence-electron chi connectivity index (χ4n) is 2.94. The SMILES string of the molecule is COc1ccc(C)c(-n2c(N)c(C#N)c3cncc(Br)c32)c1C. The number of nitriles is 1. The number of halogens is 1. The number of hydrogen-bond acceptors (Lipinski definition) is 4. The fraction of sp³-hybridized carbons (Fsp3) is 0.176. The number of benzene rings is 1. The van der Waals surface area contributed by atoms with Crippen LogP contribution >= 0.6 is 15.9 Å². The quantitative estimate of drug-likeness (QED) is 0.742. The third-order valence-corrected chi connectivity index (χ3v) is 4.58. The Morgan fingerprint density at radius 2 is 2.04 bits per heavy atom. The number of rotatable bonds is 2. The molecule has 2 heterocycles. The molecule has 1 aromatic carbocycles. The van der Waals surface area contributed by atoms with Gasteiger partial charge < -0.3 is 10.5 Å². The molecule has 0 aliphatic carbocycles. The maximum Gasteiger partial charge on any atom is 0.127 e. The summed E-state index contributed by atoms with van der Waals surface area (Å²) in [4.78, 5) is 4.16. The summed E-state index contributed by atoms with van der Waals surface area (Å²) in [5.74, 6) is 1.17. The number of aromatic nitrogens is 2. The van der Waals surface area contributed by atoms with Crippen molar-refractivity contribution < 1.29 is 4.74 Å². The third-order valence-electron chi connectivity index (χ3n) is 4.00. The normalized spacial score (nSPS) is 10.7. The number of aryl methyl sites for hydroxylation is 1. The van der Waals surface area contributed by atoms with Gasteiger partial charge in [0.1, 0.15) is 23.2 Å². The van der Waals surface area contributed by atoms with Gasteiger partial charge in [0.05, 0.1) is 22.8 Å². The molecule has 0 fully saturated rings. The predicted molar refractivity (Wildman–Crippen MR) is 93.9 cm³/mol. The Morgan fingerprint density at radius 1 is 1.30 bits per heavy atom. The molecule has 0 saturated carbocycles. The van der Waals surface area contributed by atoms with Crippen LogP contribution in [0.4, 0.5) is 5.82 Å². The van der Waals surface area contributed by atoms with Gasteiger partial charge in [-0.3, -0.25) is 9.55 Å². The molecule has 116 valence electrons. The van der Waals surface area contributed by atoms with Crippen LogP contribution in [0.25, 0.3) is 16.6 Å². The lowest BCUT2D eigenvalue weighted by Crippen LogP contribution is -2.06. The zero-order chi connectivity index (χ0) is 16.7. The molecule has 0 unspecified atom stereocenters. The van der Waals surface area contributed by atoms with Crippen LogP contribution in [-0.2, 0) is 0 Å². The first kappa shape index (κ1) is 15.4. The molecule has 0 amide bonds.